The van der Waals surface area contributed by atoms with Crippen molar-refractivity contribution < 1.29 is 19.4 Å². The normalized spacial score (nSPS) is 21.3. The number of hydrogen-bond donors (Lipinski definition) is 1. The molecule has 9 heteroatoms. The summed E-state index contributed by atoms with van der Waals surface area (Å²) in [5, 5.41) is 12.3. The maximum absolute atomic E-state index is 13.1. The Balaban J connectivity index is 1.76. The van der Waals surface area contributed by atoms with Crippen molar-refractivity contribution in [3.63, 3.8) is 0 Å². The highest BCUT2D eigenvalue weighted by atomic mass is 35.5. The lowest BCUT2D eigenvalue weighted by atomic mass is 9.95. The van der Waals surface area contributed by atoms with Gasteiger partial charge in [-0.3, -0.25) is 14.5 Å². The molecule has 2 aliphatic heterocycles. The van der Waals surface area contributed by atoms with Crippen molar-refractivity contribution >= 4 is 52.3 Å². The monoisotopic (exact) mass is 494 g/mol. The summed E-state index contributed by atoms with van der Waals surface area (Å²) in [6, 6.07) is 10.5. The van der Waals surface area contributed by atoms with Crippen LogP contribution in [0.4, 0.5) is 0 Å². The van der Waals surface area contributed by atoms with E-state index < -0.39 is 17.7 Å². The van der Waals surface area contributed by atoms with Crippen LogP contribution in [0.2, 0.25) is 15.1 Å². The molecule has 2 saturated heterocycles. The first-order chi connectivity index (χ1) is 15.4. The summed E-state index contributed by atoms with van der Waals surface area (Å²) >= 11 is 18.5. The van der Waals surface area contributed by atoms with Gasteiger partial charge in [0.1, 0.15) is 5.76 Å². The summed E-state index contributed by atoms with van der Waals surface area (Å²) in [4.78, 5) is 29.7. The molecule has 2 heterocycles. The van der Waals surface area contributed by atoms with E-state index in [1.165, 1.54) is 4.90 Å². The van der Waals surface area contributed by atoms with Crippen LogP contribution < -0.4 is 0 Å². The van der Waals surface area contributed by atoms with Crippen LogP contribution in [-0.4, -0.2) is 66.0 Å². The number of likely N-dealkylation sites (tertiary alicyclic amines) is 1. The average molecular weight is 496 g/mol. The Bertz CT molecular complexity index is 1070. The molecule has 1 N–H and O–H groups in total. The molecule has 2 fully saturated rings. The summed E-state index contributed by atoms with van der Waals surface area (Å²) in [7, 11) is 0. The standard InChI is InChI=1S/C23H21Cl3N2O4/c24-15-3-1-14(2-4-15)21(29)19-20(17-6-5-16(25)13-18(17)26)28(23(31)22(19)30)8-7-27-9-11-32-12-10-27/h1-6,13,20,29H,7-12H2/t20-/m0/s1. The van der Waals surface area contributed by atoms with E-state index >= 15 is 0 Å². The van der Waals surface area contributed by atoms with E-state index in [1.807, 2.05) is 0 Å². The number of morpholine rings is 1. The zero-order valence-electron chi connectivity index (χ0n) is 17.1. The van der Waals surface area contributed by atoms with Crippen LogP contribution in [0, 0.1) is 0 Å². The first kappa shape index (κ1) is 23.1. The van der Waals surface area contributed by atoms with Crippen LogP contribution >= 0.6 is 34.8 Å². The van der Waals surface area contributed by atoms with Crippen LogP contribution in [0.5, 0.6) is 0 Å². The number of hydrogen-bond acceptors (Lipinski definition) is 5. The summed E-state index contributed by atoms with van der Waals surface area (Å²) in [6.45, 7) is 3.62. The van der Waals surface area contributed by atoms with Gasteiger partial charge in [0.2, 0.25) is 0 Å². The second-order valence-electron chi connectivity index (χ2n) is 7.62. The molecule has 2 aromatic carbocycles. The van der Waals surface area contributed by atoms with Crippen molar-refractivity contribution in [1.29, 1.82) is 0 Å². The zero-order valence-corrected chi connectivity index (χ0v) is 19.3. The van der Waals surface area contributed by atoms with Crippen molar-refractivity contribution in [2.45, 2.75) is 6.04 Å². The molecule has 0 aliphatic carbocycles. The fraction of sp³-hybridized carbons (Fsp3) is 0.304. The van der Waals surface area contributed by atoms with Gasteiger partial charge in [-0.2, -0.15) is 0 Å². The third kappa shape index (κ3) is 4.65. The van der Waals surface area contributed by atoms with Crippen molar-refractivity contribution in [3.8, 4) is 0 Å². The average Bonchev–Trinajstić information content (AvgIpc) is 3.03. The highest BCUT2D eigenvalue weighted by molar-refractivity contribution is 6.47. The lowest BCUT2D eigenvalue weighted by Gasteiger charge is -2.31. The smallest absolute Gasteiger partial charge is 0.295 e. The quantitative estimate of drug-likeness (QED) is 0.378. The predicted octanol–water partition coefficient (Wildman–Crippen LogP) is 4.40. The molecule has 4 rings (SSSR count). The van der Waals surface area contributed by atoms with Crippen molar-refractivity contribution in [2.75, 3.05) is 39.4 Å². The highest BCUT2D eigenvalue weighted by Crippen LogP contribution is 2.42. The Hall–Kier alpha value is -2.09. The molecule has 1 amide bonds. The molecule has 0 bridgehead atoms. The largest absolute Gasteiger partial charge is 0.507 e. The van der Waals surface area contributed by atoms with Crippen LogP contribution in [0.25, 0.3) is 5.76 Å². The molecule has 0 unspecified atom stereocenters. The van der Waals surface area contributed by atoms with Crippen molar-refractivity contribution in [1.82, 2.24) is 9.80 Å². The second kappa shape index (κ2) is 9.81. The Labute approximate surface area is 200 Å². The third-order valence-electron chi connectivity index (χ3n) is 5.68. The number of aliphatic hydroxyl groups excluding tert-OH is 1. The number of Topliss-reactive ketones (excluding diaryl/α,β-unsaturated/α-hetero) is 1. The van der Waals surface area contributed by atoms with Crippen molar-refractivity contribution in [2.24, 2.45) is 0 Å². The molecule has 0 aromatic heterocycles. The molecule has 2 aliphatic rings. The number of rotatable bonds is 5. The number of carbonyl (C=O) groups is 2. The Morgan fingerprint density at radius 1 is 0.969 bits per heavy atom. The Kier molecular flexibility index (Phi) is 7.08. The molecule has 1 atom stereocenters. The van der Waals surface area contributed by atoms with Gasteiger partial charge in [-0.1, -0.05) is 40.9 Å². The van der Waals surface area contributed by atoms with Crippen LogP contribution in [0.15, 0.2) is 48.0 Å². The predicted molar refractivity (Wildman–Crippen MR) is 124 cm³/mol. The number of carbonyl (C=O) groups excluding carboxylic acids is 2. The molecular weight excluding hydrogens is 475 g/mol. The van der Waals surface area contributed by atoms with E-state index in [-0.39, 0.29) is 11.3 Å². The zero-order chi connectivity index (χ0) is 22.8. The van der Waals surface area contributed by atoms with E-state index in [0.717, 1.165) is 13.1 Å². The molecule has 32 heavy (non-hydrogen) atoms. The van der Waals surface area contributed by atoms with Crippen LogP contribution in [-0.2, 0) is 14.3 Å². The molecule has 0 saturated carbocycles. The van der Waals surface area contributed by atoms with E-state index in [0.29, 0.717) is 52.5 Å². The molecule has 2 aromatic rings. The SMILES string of the molecule is O=C1C(=O)N(CCN2CCOCC2)[C@@H](c2ccc(Cl)cc2Cl)C1=C(O)c1ccc(Cl)cc1. The second-order valence-corrected chi connectivity index (χ2v) is 8.90. The number of ether oxygens (including phenoxy) is 1. The van der Waals surface area contributed by atoms with Gasteiger partial charge in [-0.05, 0) is 42.0 Å². The fourth-order valence-electron chi connectivity index (χ4n) is 3.99. The maximum Gasteiger partial charge on any atom is 0.295 e. The van der Waals surface area contributed by atoms with Gasteiger partial charge in [0, 0.05) is 46.8 Å². The topological polar surface area (TPSA) is 70.1 Å². The number of halogens is 3. The molecular formula is C23H21Cl3N2O4. The van der Waals surface area contributed by atoms with Crippen LogP contribution in [0.1, 0.15) is 17.2 Å². The van der Waals surface area contributed by atoms with E-state index in [4.69, 9.17) is 39.5 Å². The first-order valence-corrected chi connectivity index (χ1v) is 11.3. The first-order valence-electron chi connectivity index (χ1n) is 10.2. The number of nitrogens with zero attached hydrogens (tertiary/aromatic N) is 2. The van der Waals surface area contributed by atoms with Gasteiger partial charge < -0.3 is 14.7 Å². The summed E-state index contributed by atoms with van der Waals surface area (Å²) in [6.07, 6.45) is 0. The minimum Gasteiger partial charge on any atom is -0.507 e. The van der Waals surface area contributed by atoms with Crippen LogP contribution in [0.3, 0.4) is 0 Å². The maximum atomic E-state index is 13.1. The van der Waals surface area contributed by atoms with Gasteiger partial charge in [-0.25, -0.2) is 0 Å². The third-order valence-corrected chi connectivity index (χ3v) is 6.49. The van der Waals surface area contributed by atoms with Gasteiger partial charge in [0.05, 0.1) is 24.8 Å². The number of amides is 1. The number of benzene rings is 2. The molecule has 168 valence electrons. The Morgan fingerprint density at radius 2 is 1.62 bits per heavy atom. The lowest BCUT2D eigenvalue weighted by molar-refractivity contribution is -0.140. The fourth-order valence-corrected chi connectivity index (χ4v) is 4.63. The summed E-state index contributed by atoms with van der Waals surface area (Å²) in [5.41, 5.74) is 0.895. The lowest BCUT2D eigenvalue weighted by Crippen LogP contribution is -2.42. The van der Waals surface area contributed by atoms with E-state index in [1.54, 1.807) is 42.5 Å². The van der Waals surface area contributed by atoms with Gasteiger partial charge in [0.15, 0.2) is 0 Å². The molecule has 0 radical (unpaired) electrons. The van der Waals surface area contributed by atoms with Gasteiger partial charge in [0.25, 0.3) is 11.7 Å². The molecule has 6 nitrogen and oxygen atoms in total. The Morgan fingerprint density at radius 3 is 2.28 bits per heavy atom. The van der Waals surface area contributed by atoms with Crippen molar-refractivity contribution in [3.05, 3.63) is 74.2 Å². The van der Waals surface area contributed by atoms with Gasteiger partial charge in [-0.15, -0.1) is 0 Å². The van der Waals surface area contributed by atoms with Gasteiger partial charge >= 0.3 is 0 Å². The number of aliphatic hydroxyl groups is 1. The minimum absolute atomic E-state index is 0.0106. The van der Waals surface area contributed by atoms with E-state index in [9.17, 15) is 14.7 Å². The summed E-state index contributed by atoms with van der Waals surface area (Å²) < 4.78 is 5.38. The minimum atomic E-state index is -0.837. The van der Waals surface area contributed by atoms with E-state index in [2.05, 4.69) is 4.90 Å². The number of ketones is 1. The highest BCUT2D eigenvalue weighted by Gasteiger charge is 2.46. The molecule has 0 spiro atoms. The summed E-state index contributed by atoms with van der Waals surface area (Å²) in [5.74, 6) is -1.70.